The highest BCUT2D eigenvalue weighted by molar-refractivity contribution is 7.09. The number of aromatic nitrogens is 1. The molecule has 18 heavy (non-hydrogen) atoms. The Morgan fingerprint density at radius 3 is 2.94 bits per heavy atom. The van der Waals surface area contributed by atoms with Crippen molar-refractivity contribution in [3.05, 3.63) is 45.9 Å². The number of benzene rings is 1. The van der Waals surface area contributed by atoms with E-state index in [1.807, 2.05) is 17.5 Å². The minimum absolute atomic E-state index is 0.00556. The van der Waals surface area contributed by atoms with Crippen LogP contribution in [0.4, 0.5) is 0 Å². The van der Waals surface area contributed by atoms with Crippen LogP contribution in [-0.2, 0) is 6.42 Å². The van der Waals surface area contributed by atoms with E-state index >= 15 is 0 Å². The molecule has 0 bridgehead atoms. The van der Waals surface area contributed by atoms with E-state index in [2.05, 4.69) is 23.4 Å². The number of hydrazine groups is 1. The lowest BCUT2D eigenvalue weighted by Gasteiger charge is -2.18. The third-order valence-corrected chi connectivity index (χ3v) is 3.63. The van der Waals surface area contributed by atoms with Gasteiger partial charge in [0.25, 0.3) is 0 Å². The summed E-state index contributed by atoms with van der Waals surface area (Å²) in [6, 6.07) is 6.10. The molecule has 1 aromatic heterocycles. The van der Waals surface area contributed by atoms with Gasteiger partial charge in [-0.15, -0.1) is 11.3 Å². The number of ether oxygens (including phenoxy) is 1. The fourth-order valence-electron chi connectivity index (χ4n) is 1.91. The first kappa shape index (κ1) is 13.0. The average molecular weight is 263 g/mol. The lowest BCUT2D eigenvalue weighted by molar-refractivity contribution is 0.399. The molecule has 0 aliphatic heterocycles. The van der Waals surface area contributed by atoms with Gasteiger partial charge in [-0.3, -0.25) is 11.3 Å². The van der Waals surface area contributed by atoms with Gasteiger partial charge in [-0.05, 0) is 13.0 Å². The van der Waals surface area contributed by atoms with Crippen LogP contribution in [0.3, 0.4) is 0 Å². The minimum Gasteiger partial charge on any atom is -0.496 e. The van der Waals surface area contributed by atoms with Crippen LogP contribution in [0.5, 0.6) is 5.75 Å². The van der Waals surface area contributed by atoms with Gasteiger partial charge in [0.1, 0.15) is 5.75 Å². The number of nitrogens with zero attached hydrogens (tertiary/aromatic N) is 1. The Hall–Kier alpha value is -1.43. The Labute approximate surface area is 111 Å². The summed E-state index contributed by atoms with van der Waals surface area (Å²) in [7, 11) is 1.67. The highest BCUT2D eigenvalue weighted by Gasteiger charge is 2.16. The molecule has 2 aromatic rings. The molecule has 1 heterocycles. The Kier molecular flexibility index (Phi) is 4.30. The monoisotopic (exact) mass is 263 g/mol. The van der Waals surface area contributed by atoms with E-state index in [4.69, 9.17) is 10.6 Å². The van der Waals surface area contributed by atoms with E-state index in [1.54, 1.807) is 24.6 Å². The largest absolute Gasteiger partial charge is 0.496 e. The van der Waals surface area contributed by atoms with E-state index in [1.165, 1.54) is 5.56 Å². The lowest BCUT2D eigenvalue weighted by Crippen LogP contribution is -2.30. The molecule has 1 unspecified atom stereocenters. The molecular weight excluding hydrogens is 246 g/mol. The topological polar surface area (TPSA) is 60.2 Å². The summed E-state index contributed by atoms with van der Waals surface area (Å²) in [5.41, 5.74) is 5.10. The molecule has 3 N–H and O–H groups in total. The maximum Gasteiger partial charge on any atom is 0.123 e. The van der Waals surface area contributed by atoms with Crippen LogP contribution in [0.15, 0.2) is 29.8 Å². The Bertz CT molecular complexity index is 499. The van der Waals surface area contributed by atoms with Crippen LogP contribution in [0.1, 0.15) is 22.2 Å². The number of hydrogen-bond acceptors (Lipinski definition) is 5. The zero-order chi connectivity index (χ0) is 13.0. The van der Waals surface area contributed by atoms with Crippen LogP contribution in [0.25, 0.3) is 0 Å². The van der Waals surface area contributed by atoms with Crippen molar-refractivity contribution in [2.75, 3.05) is 7.11 Å². The molecule has 0 saturated carbocycles. The van der Waals surface area contributed by atoms with Crippen LogP contribution < -0.4 is 16.0 Å². The summed E-state index contributed by atoms with van der Waals surface area (Å²) in [4.78, 5) is 4.29. The van der Waals surface area contributed by atoms with Crippen molar-refractivity contribution < 1.29 is 4.74 Å². The number of aryl methyl sites for hydroxylation is 1. The van der Waals surface area contributed by atoms with Crippen LogP contribution in [-0.4, -0.2) is 12.1 Å². The van der Waals surface area contributed by atoms with Gasteiger partial charge in [0.2, 0.25) is 0 Å². The second kappa shape index (κ2) is 5.95. The van der Waals surface area contributed by atoms with Gasteiger partial charge in [0.05, 0.1) is 18.2 Å². The lowest BCUT2D eigenvalue weighted by atomic mass is 10.0. The molecule has 4 nitrogen and oxygen atoms in total. The van der Waals surface area contributed by atoms with Crippen molar-refractivity contribution in [3.63, 3.8) is 0 Å². The Morgan fingerprint density at radius 2 is 2.33 bits per heavy atom. The van der Waals surface area contributed by atoms with E-state index < -0.39 is 0 Å². The first-order valence-corrected chi connectivity index (χ1v) is 6.61. The van der Waals surface area contributed by atoms with Gasteiger partial charge in [-0.25, -0.2) is 4.98 Å². The van der Waals surface area contributed by atoms with E-state index in [9.17, 15) is 0 Å². The minimum atomic E-state index is 0.00556. The van der Waals surface area contributed by atoms with Crippen molar-refractivity contribution in [2.45, 2.75) is 19.4 Å². The van der Waals surface area contributed by atoms with Crippen molar-refractivity contribution >= 4 is 11.3 Å². The number of thiazole rings is 1. The fourth-order valence-corrected chi connectivity index (χ4v) is 2.58. The molecule has 0 aliphatic carbocycles. The molecular formula is C13H17N3OS. The summed E-state index contributed by atoms with van der Waals surface area (Å²) in [5, 5.41) is 3.03. The summed E-state index contributed by atoms with van der Waals surface area (Å²) in [6.07, 6.45) is 2.56. The second-order valence-electron chi connectivity index (χ2n) is 4.09. The predicted octanol–water partition coefficient (Wildman–Crippen LogP) is 2.21. The SMILES string of the molecule is COc1ccc(C)cc1C(Cc1nccs1)NN. The number of nitrogens with one attached hydrogen (secondary N) is 1. The summed E-state index contributed by atoms with van der Waals surface area (Å²) in [6.45, 7) is 2.06. The van der Waals surface area contributed by atoms with Crippen LogP contribution in [0, 0.1) is 6.92 Å². The maximum absolute atomic E-state index is 5.67. The number of hydrogen-bond donors (Lipinski definition) is 2. The van der Waals surface area contributed by atoms with Crippen LogP contribution >= 0.6 is 11.3 Å². The third-order valence-electron chi connectivity index (χ3n) is 2.82. The second-order valence-corrected chi connectivity index (χ2v) is 5.07. The molecule has 1 aromatic carbocycles. The quantitative estimate of drug-likeness (QED) is 0.641. The van der Waals surface area contributed by atoms with E-state index in [-0.39, 0.29) is 6.04 Å². The van der Waals surface area contributed by atoms with Crippen molar-refractivity contribution in [2.24, 2.45) is 5.84 Å². The Morgan fingerprint density at radius 1 is 1.50 bits per heavy atom. The smallest absolute Gasteiger partial charge is 0.123 e. The van der Waals surface area contributed by atoms with Crippen molar-refractivity contribution in [1.29, 1.82) is 0 Å². The van der Waals surface area contributed by atoms with Crippen molar-refractivity contribution in [3.8, 4) is 5.75 Å². The summed E-state index contributed by atoms with van der Waals surface area (Å²) in [5.74, 6) is 6.51. The van der Waals surface area contributed by atoms with Gasteiger partial charge in [0, 0.05) is 23.6 Å². The molecule has 0 radical (unpaired) electrons. The first-order valence-electron chi connectivity index (χ1n) is 5.73. The summed E-state index contributed by atoms with van der Waals surface area (Å²) >= 11 is 1.63. The van der Waals surface area contributed by atoms with Gasteiger partial charge in [-0.1, -0.05) is 17.7 Å². The molecule has 5 heteroatoms. The number of methoxy groups -OCH3 is 1. The molecule has 2 rings (SSSR count). The molecule has 96 valence electrons. The van der Waals surface area contributed by atoms with Crippen LogP contribution in [0.2, 0.25) is 0 Å². The Balaban J connectivity index is 2.28. The molecule has 0 amide bonds. The first-order chi connectivity index (χ1) is 8.74. The van der Waals surface area contributed by atoms with Gasteiger partial charge in [-0.2, -0.15) is 0 Å². The average Bonchev–Trinajstić information content (AvgIpc) is 2.88. The highest BCUT2D eigenvalue weighted by atomic mass is 32.1. The third kappa shape index (κ3) is 2.87. The highest BCUT2D eigenvalue weighted by Crippen LogP contribution is 2.28. The molecule has 0 spiro atoms. The zero-order valence-electron chi connectivity index (χ0n) is 10.5. The zero-order valence-corrected chi connectivity index (χ0v) is 11.3. The molecule has 0 aliphatic rings. The maximum atomic E-state index is 5.67. The van der Waals surface area contributed by atoms with Gasteiger partial charge in [0.15, 0.2) is 0 Å². The predicted molar refractivity (Wildman–Crippen MR) is 73.6 cm³/mol. The molecule has 1 atom stereocenters. The summed E-state index contributed by atoms with van der Waals surface area (Å²) < 4.78 is 5.39. The molecule has 0 fully saturated rings. The van der Waals surface area contributed by atoms with Crippen molar-refractivity contribution in [1.82, 2.24) is 10.4 Å². The van der Waals surface area contributed by atoms with Gasteiger partial charge >= 0.3 is 0 Å². The number of rotatable bonds is 5. The normalized spacial score (nSPS) is 12.4. The standard InChI is InChI=1S/C13H17N3OS/c1-9-3-4-12(17-2)10(7-9)11(16-14)8-13-15-5-6-18-13/h3-7,11,16H,8,14H2,1-2H3. The van der Waals surface area contributed by atoms with E-state index in [0.717, 1.165) is 22.7 Å². The molecule has 0 saturated heterocycles. The number of nitrogens with two attached hydrogens (primary N) is 1. The van der Waals surface area contributed by atoms with E-state index in [0.29, 0.717) is 0 Å². The fraction of sp³-hybridized carbons (Fsp3) is 0.308. The van der Waals surface area contributed by atoms with Gasteiger partial charge < -0.3 is 4.74 Å².